The van der Waals surface area contributed by atoms with Crippen molar-refractivity contribution < 1.29 is 9.53 Å². The third-order valence-electron chi connectivity index (χ3n) is 0.249. The predicted molar refractivity (Wildman–Crippen MR) is 51.2 cm³/mol. The van der Waals surface area contributed by atoms with Gasteiger partial charge in [-0.15, -0.1) is 0 Å². The molecule has 0 fully saturated rings. The van der Waals surface area contributed by atoms with Gasteiger partial charge >= 0.3 is 5.97 Å². The molecular formula is C5H6BrCl3O2. The SMILES string of the molecule is C=COC(C)=O.ClC(Cl)(Cl)Br. The summed E-state index contributed by atoms with van der Waals surface area (Å²) in [5, 5.41) is 0. The molecule has 0 saturated heterocycles. The fourth-order valence-electron chi connectivity index (χ4n) is 0.117. The van der Waals surface area contributed by atoms with E-state index >= 15 is 0 Å². The summed E-state index contributed by atoms with van der Waals surface area (Å²) in [7, 11) is 0. The van der Waals surface area contributed by atoms with Gasteiger partial charge in [-0.05, 0) is 15.9 Å². The number of carbonyl (C=O) groups is 1. The Morgan fingerprint density at radius 2 is 1.91 bits per heavy atom. The number of ether oxygens (including phenoxy) is 1. The van der Waals surface area contributed by atoms with E-state index in [0.29, 0.717) is 0 Å². The molecule has 0 aliphatic heterocycles. The molecule has 0 aromatic heterocycles. The van der Waals surface area contributed by atoms with E-state index in [2.05, 4.69) is 27.2 Å². The van der Waals surface area contributed by atoms with Gasteiger partial charge in [0.2, 0.25) is 2.70 Å². The Morgan fingerprint density at radius 1 is 1.64 bits per heavy atom. The molecule has 0 amide bonds. The zero-order valence-corrected chi connectivity index (χ0v) is 9.47. The van der Waals surface area contributed by atoms with E-state index in [1.807, 2.05) is 0 Å². The highest BCUT2D eigenvalue weighted by Crippen LogP contribution is 2.32. The molecule has 0 aromatic carbocycles. The van der Waals surface area contributed by atoms with Gasteiger partial charge in [-0.3, -0.25) is 4.79 Å². The molecule has 6 heteroatoms. The van der Waals surface area contributed by atoms with Crippen molar-refractivity contribution in [3.8, 4) is 0 Å². The van der Waals surface area contributed by atoms with Crippen LogP contribution in [-0.2, 0) is 9.53 Å². The van der Waals surface area contributed by atoms with Gasteiger partial charge in [-0.25, -0.2) is 0 Å². The molecule has 0 aliphatic carbocycles. The van der Waals surface area contributed by atoms with E-state index in [1.54, 1.807) is 0 Å². The zero-order chi connectivity index (χ0) is 9.49. The maximum atomic E-state index is 9.75. The maximum absolute atomic E-state index is 9.75. The molecule has 0 unspecified atom stereocenters. The standard InChI is InChI=1S/C4H6O2.CBrCl3/c1-3-6-4(2)5;2-1(3,4)5/h3H,1H2,2H3;. The summed E-state index contributed by atoms with van der Waals surface area (Å²) in [5.74, 6) is -0.329. The first-order chi connectivity index (χ1) is 4.77. The molecule has 0 aromatic rings. The normalized spacial score (nSPS) is 9.18. The van der Waals surface area contributed by atoms with Crippen molar-refractivity contribution in [3.05, 3.63) is 12.8 Å². The Morgan fingerprint density at radius 3 is 1.91 bits per heavy atom. The van der Waals surface area contributed by atoms with Gasteiger partial charge < -0.3 is 4.74 Å². The molecule has 66 valence electrons. The van der Waals surface area contributed by atoms with Crippen LogP contribution in [-0.4, -0.2) is 8.67 Å². The molecule has 0 rings (SSSR count). The molecule has 0 saturated carbocycles. The van der Waals surface area contributed by atoms with Crippen molar-refractivity contribution in [2.24, 2.45) is 0 Å². The second-order valence-corrected chi connectivity index (χ2v) is 6.05. The topological polar surface area (TPSA) is 26.3 Å². The zero-order valence-electron chi connectivity index (χ0n) is 5.61. The highest BCUT2D eigenvalue weighted by molar-refractivity contribution is 9.11. The minimum absolute atomic E-state index is 0.329. The summed E-state index contributed by atoms with van der Waals surface area (Å²) in [6.07, 6.45) is 1.10. The minimum atomic E-state index is -1.27. The summed E-state index contributed by atoms with van der Waals surface area (Å²) < 4.78 is 2.90. The molecule has 2 nitrogen and oxygen atoms in total. The van der Waals surface area contributed by atoms with E-state index in [0.717, 1.165) is 6.26 Å². The van der Waals surface area contributed by atoms with Crippen molar-refractivity contribution >= 4 is 56.7 Å². The van der Waals surface area contributed by atoms with Gasteiger partial charge in [-0.1, -0.05) is 41.4 Å². The first-order valence-electron chi connectivity index (χ1n) is 2.31. The largest absolute Gasteiger partial charge is 0.435 e. The van der Waals surface area contributed by atoms with Crippen molar-refractivity contribution in [2.45, 2.75) is 9.63 Å². The summed E-state index contributed by atoms with van der Waals surface area (Å²) in [4.78, 5) is 9.75. The van der Waals surface area contributed by atoms with Crippen LogP contribution in [0.4, 0.5) is 0 Å². The molecule has 0 radical (unpaired) electrons. The van der Waals surface area contributed by atoms with Crippen LogP contribution in [0.15, 0.2) is 12.8 Å². The molecule has 0 N–H and O–H groups in total. The lowest BCUT2D eigenvalue weighted by atomic mass is 10.8. The fraction of sp³-hybridized carbons (Fsp3) is 0.400. The summed E-state index contributed by atoms with van der Waals surface area (Å²) in [6.45, 7) is 4.48. The monoisotopic (exact) mass is 282 g/mol. The van der Waals surface area contributed by atoms with Crippen LogP contribution >= 0.6 is 50.7 Å². The van der Waals surface area contributed by atoms with Gasteiger partial charge in [-0.2, -0.15) is 0 Å². The van der Waals surface area contributed by atoms with Crippen LogP contribution in [0.5, 0.6) is 0 Å². The van der Waals surface area contributed by atoms with Gasteiger partial charge in [0.25, 0.3) is 0 Å². The average Bonchev–Trinajstić information content (AvgIpc) is 1.58. The summed E-state index contributed by atoms with van der Waals surface area (Å²) in [5.41, 5.74) is 0. The maximum Gasteiger partial charge on any atom is 0.307 e. The molecule has 0 aliphatic rings. The molecule has 0 bridgehead atoms. The van der Waals surface area contributed by atoms with Crippen molar-refractivity contribution in [2.75, 3.05) is 0 Å². The third kappa shape index (κ3) is 61.1. The highest BCUT2D eigenvalue weighted by Gasteiger charge is 2.10. The van der Waals surface area contributed by atoms with Crippen LogP contribution in [0.3, 0.4) is 0 Å². The lowest BCUT2D eigenvalue weighted by molar-refractivity contribution is -0.135. The Hall–Kier alpha value is 0.560. The van der Waals surface area contributed by atoms with Crippen molar-refractivity contribution in [3.63, 3.8) is 0 Å². The van der Waals surface area contributed by atoms with E-state index in [9.17, 15) is 4.79 Å². The molecule has 0 atom stereocenters. The molecular weight excluding hydrogens is 278 g/mol. The Bertz CT molecular complexity index is 126. The Labute approximate surface area is 88.6 Å². The van der Waals surface area contributed by atoms with E-state index in [1.165, 1.54) is 6.92 Å². The molecule has 0 heterocycles. The molecule has 0 spiro atoms. The lowest BCUT2D eigenvalue weighted by Crippen LogP contribution is -1.87. The second kappa shape index (κ2) is 7.22. The smallest absolute Gasteiger partial charge is 0.307 e. The Kier molecular flexibility index (Phi) is 9.26. The quantitative estimate of drug-likeness (QED) is 0.419. The van der Waals surface area contributed by atoms with Crippen LogP contribution in [0.25, 0.3) is 0 Å². The number of alkyl halides is 4. The lowest BCUT2D eigenvalue weighted by Gasteiger charge is -1.91. The number of halogens is 4. The van der Waals surface area contributed by atoms with Crippen LogP contribution < -0.4 is 0 Å². The van der Waals surface area contributed by atoms with E-state index < -0.39 is 2.70 Å². The third-order valence-corrected chi connectivity index (χ3v) is 0.249. The van der Waals surface area contributed by atoms with Gasteiger partial charge in [0, 0.05) is 6.92 Å². The van der Waals surface area contributed by atoms with Crippen LogP contribution in [0.2, 0.25) is 0 Å². The van der Waals surface area contributed by atoms with Gasteiger partial charge in [0.05, 0.1) is 6.26 Å². The minimum Gasteiger partial charge on any atom is -0.435 e. The van der Waals surface area contributed by atoms with Crippen molar-refractivity contribution in [1.82, 2.24) is 0 Å². The second-order valence-electron chi connectivity index (χ2n) is 1.20. The fourth-order valence-corrected chi connectivity index (χ4v) is 0.117. The van der Waals surface area contributed by atoms with E-state index in [4.69, 9.17) is 34.8 Å². The first-order valence-corrected chi connectivity index (χ1v) is 4.24. The summed E-state index contributed by atoms with van der Waals surface area (Å²) in [6, 6.07) is 0. The number of rotatable bonds is 1. The van der Waals surface area contributed by atoms with Crippen molar-refractivity contribution in [1.29, 1.82) is 0 Å². The predicted octanol–water partition coefficient (Wildman–Crippen LogP) is 3.40. The highest BCUT2D eigenvalue weighted by atomic mass is 79.9. The molecule has 11 heavy (non-hydrogen) atoms. The number of hydrogen-bond donors (Lipinski definition) is 0. The van der Waals surface area contributed by atoms with Gasteiger partial charge in [0.1, 0.15) is 0 Å². The van der Waals surface area contributed by atoms with Crippen LogP contribution in [0.1, 0.15) is 6.92 Å². The Balaban J connectivity index is 0. The van der Waals surface area contributed by atoms with E-state index in [-0.39, 0.29) is 5.97 Å². The van der Waals surface area contributed by atoms with Gasteiger partial charge in [0.15, 0.2) is 0 Å². The number of hydrogen-bond acceptors (Lipinski definition) is 2. The number of carbonyl (C=O) groups excluding carboxylic acids is 1. The average molecular weight is 284 g/mol. The van der Waals surface area contributed by atoms with Crippen LogP contribution in [0, 0.1) is 0 Å². The summed E-state index contributed by atoms with van der Waals surface area (Å²) >= 11 is 17.6. The first kappa shape index (κ1) is 14.1. The number of esters is 1.